The molecule has 1 aliphatic rings. The van der Waals surface area contributed by atoms with Crippen LogP contribution in [0.1, 0.15) is 34.7 Å². The number of rotatable bonds is 11. The lowest BCUT2D eigenvalue weighted by molar-refractivity contribution is 0.0964. The van der Waals surface area contributed by atoms with Crippen LogP contribution in [0.3, 0.4) is 0 Å². The first kappa shape index (κ1) is 25.0. The van der Waals surface area contributed by atoms with Crippen molar-refractivity contribution in [3.8, 4) is 11.3 Å². The maximum Gasteiger partial charge on any atom is 0.251 e. The number of para-hydroxylation sites is 1. The fourth-order valence-corrected chi connectivity index (χ4v) is 5.08. The summed E-state index contributed by atoms with van der Waals surface area (Å²) in [7, 11) is 1.64. The minimum atomic E-state index is -0.112. The number of fused-ring (bicyclic) bond motifs is 1. The Hall–Kier alpha value is -3.72. The van der Waals surface area contributed by atoms with Crippen LogP contribution < -0.4 is 16.0 Å². The zero-order valence-corrected chi connectivity index (χ0v) is 21.9. The Labute approximate surface area is 221 Å². The quantitative estimate of drug-likeness (QED) is 0.262. The summed E-state index contributed by atoms with van der Waals surface area (Å²) in [5.74, 6) is 3.41. The monoisotopic (exact) mass is 513 g/mol. The predicted octanol–water partition coefficient (Wildman–Crippen LogP) is 4.83. The van der Waals surface area contributed by atoms with E-state index in [4.69, 9.17) is 0 Å². The van der Waals surface area contributed by atoms with E-state index in [0.717, 1.165) is 57.6 Å². The molecular weight excluding hydrogens is 482 g/mol. The summed E-state index contributed by atoms with van der Waals surface area (Å²) in [4.78, 5) is 30.5. The summed E-state index contributed by atoms with van der Waals surface area (Å²) in [6, 6.07) is 13.8. The van der Waals surface area contributed by atoms with Crippen LogP contribution in [0.15, 0.2) is 61.2 Å². The zero-order chi connectivity index (χ0) is 25.6. The third-order valence-electron chi connectivity index (χ3n) is 6.61. The third kappa shape index (κ3) is 5.99. The van der Waals surface area contributed by atoms with Gasteiger partial charge in [-0.05, 0) is 48.8 Å². The molecule has 3 heterocycles. The molecule has 8 nitrogen and oxygen atoms in total. The van der Waals surface area contributed by atoms with Crippen molar-refractivity contribution in [1.29, 1.82) is 0 Å². The van der Waals surface area contributed by atoms with Gasteiger partial charge in [-0.1, -0.05) is 18.2 Å². The molecule has 1 aliphatic carbocycles. The molecule has 0 aliphatic heterocycles. The van der Waals surface area contributed by atoms with Gasteiger partial charge < -0.3 is 16.0 Å². The van der Waals surface area contributed by atoms with E-state index in [1.807, 2.05) is 36.5 Å². The van der Waals surface area contributed by atoms with Gasteiger partial charge in [0.25, 0.3) is 5.91 Å². The molecule has 5 rings (SSSR count). The van der Waals surface area contributed by atoms with E-state index in [2.05, 4.69) is 48.2 Å². The first-order chi connectivity index (χ1) is 18.2. The molecule has 190 valence electrons. The van der Waals surface area contributed by atoms with Crippen LogP contribution in [0.4, 0.5) is 11.6 Å². The number of aromatic nitrogens is 4. The molecule has 1 saturated carbocycles. The molecule has 3 aromatic heterocycles. The van der Waals surface area contributed by atoms with Crippen molar-refractivity contribution in [1.82, 2.24) is 25.3 Å². The second-order valence-corrected chi connectivity index (χ2v) is 10.2. The van der Waals surface area contributed by atoms with Gasteiger partial charge in [-0.2, -0.15) is 11.8 Å². The van der Waals surface area contributed by atoms with Gasteiger partial charge in [-0.25, -0.2) is 15.0 Å². The lowest BCUT2D eigenvalue weighted by Crippen LogP contribution is -2.19. The van der Waals surface area contributed by atoms with E-state index in [1.165, 1.54) is 12.8 Å². The fraction of sp³-hybridized carbons (Fsp3) is 0.321. The SMILES string of the molecule is CNC(=O)c1ccnc2c(C(CNc3cc(-c4ccc(NCC5CC5)nc4)ncn3)CSC)cccc12. The zero-order valence-electron chi connectivity index (χ0n) is 21.1. The van der Waals surface area contributed by atoms with Gasteiger partial charge in [0, 0.05) is 61.2 Å². The van der Waals surface area contributed by atoms with Crippen LogP contribution in [-0.2, 0) is 0 Å². The number of pyridine rings is 2. The number of amides is 1. The first-order valence-corrected chi connectivity index (χ1v) is 13.9. The van der Waals surface area contributed by atoms with E-state index < -0.39 is 0 Å². The molecule has 1 aromatic carbocycles. The van der Waals surface area contributed by atoms with Gasteiger partial charge in [0.15, 0.2) is 0 Å². The van der Waals surface area contributed by atoms with E-state index in [0.29, 0.717) is 12.1 Å². The maximum absolute atomic E-state index is 12.4. The van der Waals surface area contributed by atoms with Crippen LogP contribution >= 0.6 is 11.8 Å². The van der Waals surface area contributed by atoms with Crippen molar-refractivity contribution in [2.24, 2.45) is 5.92 Å². The Balaban J connectivity index is 1.32. The highest BCUT2D eigenvalue weighted by molar-refractivity contribution is 7.98. The molecule has 3 N–H and O–H groups in total. The van der Waals surface area contributed by atoms with E-state index >= 15 is 0 Å². The number of nitrogens with zero attached hydrogens (tertiary/aromatic N) is 4. The summed E-state index contributed by atoms with van der Waals surface area (Å²) in [5.41, 5.74) is 4.37. The second kappa shape index (κ2) is 11.6. The lowest BCUT2D eigenvalue weighted by Gasteiger charge is -2.19. The van der Waals surface area contributed by atoms with Crippen molar-refractivity contribution >= 4 is 40.2 Å². The van der Waals surface area contributed by atoms with Crippen LogP contribution in [0.5, 0.6) is 0 Å². The first-order valence-electron chi connectivity index (χ1n) is 12.5. The minimum absolute atomic E-state index is 0.112. The second-order valence-electron chi connectivity index (χ2n) is 9.26. The average Bonchev–Trinajstić information content (AvgIpc) is 3.78. The van der Waals surface area contributed by atoms with E-state index in [9.17, 15) is 4.79 Å². The van der Waals surface area contributed by atoms with Crippen molar-refractivity contribution in [3.63, 3.8) is 0 Å². The fourth-order valence-electron chi connectivity index (χ4n) is 4.38. The number of hydrogen-bond acceptors (Lipinski definition) is 8. The topological polar surface area (TPSA) is 105 Å². The molecule has 1 atom stereocenters. The Morgan fingerprint density at radius 1 is 1.05 bits per heavy atom. The Morgan fingerprint density at radius 2 is 1.95 bits per heavy atom. The number of hydrogen-bond donors (Lipinski definition) is 3. The highest BCUT2D eigenvalue weighted by atomic mass is 32.2. The molecule has 1 unspecified atom stereocenters. The van der Waals surface area contributed by atoms with Crippen LogP contribution in [-0.4, -0.2) is 58.0 Å². The number of anilines is 2. The van der Waals surface area contributed by atoms with Gasteiger partial charge in [-0.3, -0.25) is 9.78 Å². The Bertz CT molecular complexity index is 1370. The molecule has 9 heteroatoms. The standard InChI is InChI=1S/C28H31N7OS/c1-29-28(36)23-10-11-30-27-21(4-3-5-22(23)27)20(16-37-2)15-33-26-12-24(34-17-35-26)19-8-9-25(32-14-19)31-13-18-6-7-18/h3-5,8-12,14,17-18,20H,6-7,13,15-16H2,1-2H3,(H,29,36)(H,31,32)(H,33,34,35). The smallest absolute Gasteiger partial charge is 0.251 e. The van der Waals surface area contributed by atoms with Gasteiger partial charge in [0.2, 0.25) is 0 Å². The van der Waals surface area contributed by atoms with E-state index in [1.54, 1.807) is 37.4 Å². The highest BCUT2D eigenvalue weighted by Crippen LogP contribution is 2.30. The van der Waals surface area contributed by atoms with Gasteiger partial charge in [0.1, 0.15) is 18.0 Å². The summed E-state index contributed by atoms with van der Waals surface area (Å²) in [5, 5.41) is 10.5. The lowest BCUT2D eigenvalue weighted by atomic mass is 9.95. The predicted molar refractivity (Wildman–Crippen MR) is 151 cm³/mol. The normalized spacial score (nSPS) is 13.8. The van der Waals surface area contributed by atoms with Crippen molar-refractivity contribution in [2.75, 3.05) is 42.8 Å². The Kier molecular flexibility index (Phi) is 7.79. The maximum atomic E-state index is 12.4. The van der Waals surface area contributed by atoms with Gasteiger partial charge in [-0.15, -0.1) is 0 Å². The minimum Gasteiger partial charge on any atom is -0.370 e. The number of nitrogens with one attached hydrogen (secondary N) is 3. The van der Waals surface area contributed by atoms with Gasteiger partial charge >= 0.3 is 0 Å². The van der Waals surface area contributed by atoms with Gasteiger partial charge in [0.05, 0.1) is 16.8 Å². The molecule has 0 spiro atoms. The van der Waals surface area contributed by atoms with E-state index in [-0.39, 0.29) is 11.8 Å². The third-order valence-corrected chi connectivity index (χ3v) is 7.34. The molecule has 0 bridgehead atoms. The molecule has 37 heavy (non-hydrogen) atoms. The summed E-state index contributed by atoms with van der Waals surface area (Å²) >= 11 is 1.78. The summed E-state index contributed by atoms with van der Waals surface area (Å²) < 4.78 is 0. The number of carbonyl (C=O) groups is 1. The van der Waals surface area contributed by atoms with Crippen molar-refractivity contribution < 1.29 is 4.79 Å². The number of thioether (sulfide) groups is 1. The largest absolute Gasteiger partial charge is 0.370 e. The molecular formula is C28H31N7OS. The molecule has 4 aromatic rings. The van der Waals surface area contributed by atoms with Crippen LogP contribution in [0.25, 0.3) is 22.2 Å². The molecule has 1 amide bonds. The molecule has 1 fully saturated rings. The summed E-state index contributed by atoms with van der Waals surface area (Å²) in [6.07, 6.45) is 9.86. The number of benzene rings is 1. The molecule has 0 radical (unpaired) electrons. The van der Waals surface area contributed by atoms with Crippen molar-refractivity contribution in [2.45, 2.75) is 18.8 Å². The molecule has 0 saturated heterocycles. The van der Waals surface area contributed by atoms with Crippen LogP contribution in [0.2, 0.25) is 0 Å². The summed E-state index contributed by atoms with van der Waals surface area (Å²) in [6.45, 7) is 1.66. The highest BCUT2D eigenvalue weighted by Gasteiger charge is 2.21. The van der Waals surface area contributed by atoms with Crippen molar-refractivity contribution in [3.05, 3.63) is 72.3 Å². The van der Waals surface area contributed by atoms with Crippen LogP contribution in [0, 0.1) is 5.92 Å². The Morgan fingerprint density at radius 3 is 2.70 bits per heavy atom. The number of carbonyl (C=O) groups excluding carboxylic acids is 1. The average molecular weight is 514 g/mol.